The molecule has 1 aromatic rings. The number of hydrogen-bond acceptors (Lipinski definition) is 4. The molecule has 5 rings (SSSR count). The number of ketones is 1. The molecule has 1 aromatic carbocycles. The van der Waals surface area contributed by atoms with Gasteiger partial charge in [0, 0.05) is 24.4 Å². The van der Waals surface area contributed by atoms with E-state index in [9.17, 15) is 9.90 Å². The molecule has 4 nitrogen and oxygen atoms in total. The van der Waals surface area contributed by atoms with Crippen LogP contribution in [0.1, 0.15) is 103 Å². The van der Waals surface area contributed by atoms with E-state index < -0.39 is 0 Å². The standard InChI is InChI=1S/C33H46N2O2/c1-6-7-30(35-32(2,3)4)34-20-21-8-10-22(11-9-21)27-19-33(5)28(16-17-29(33)37)26-14-12-23-18-24(36)13-15-25(23)31(26)27/h7-11,18,26-29,34-35,37H,6,12-17,19-20H2,1-5H3. The molecule has 0 saturated heterocycles. The first-order chi connectivity index (χ1) is 17.6. The van der Waals surface area contributed by atoms with Gasteiger partial charge in [-0.3, -0.25) is 4.79 Å². The molecule has 3 N–H and O–H groups in total. The van der Waals surface area contributed by atoms with Crippen LogP contribution in [-0.4, -0.2) is 22.5 Å². The Bertz CT molecular complexity index is 1120. The Morgan fingerprint density at radius 3 is 2.57 bits per heavy atom. The van der Waals surface area contributed by atoms with Crippen molar-refractivity contribution in [3.63, 3.8) is 0 Å². The van der Waals surface area contributed by atoms with Crippen molar-refractivity contribution in [2.24, 2.45) is 17.3 Å². The predicted molar refractivity (Wildman–Crippen MR) is 151 cm³/mol. The van der Waals surface area contributed by atoms with Crippen LogP contribution in [0.15, 0.2) is 59.0 Å². The molecule has 5 unspecified atom stereocenters. The maximum absolute atomic E-state index is 12.2. The summed E-state index contributed by atoms with van der Waals surface area (Å²) in [5.41, 5.74) is 7.02. The van der Waals surface area contributed by atoms with E-state index in [0.717, 1.165) is 57.3 Å². The second kappa shape index (κ2) is 10.1. The monoisotopic (exact) mass is 502 g/mol. The quantitative estimate of drug-likeness (QED) is 0.406. The summed E-state index contributed by atoms with van der Waals surface area (Å²) in [6, 6.07) is 9.19. The molecule has 0 heterocycles. The number of allylic oxidation sites excluding steroid dienone is 5. The summed E-state index contributed by atoms with van der Waals surface area (Å²) < 4.78 is 0. The van der Waals surface area contributed by atoms with Crippen molar-refractivity contribution in [2.45, 2.75) is 110 Å². The van der Waals surface area contributed by atoms with Crippen LogP contribution in [0.5, 0.6) is 0 Å². The lowest BCUT2D eigenvalue weighted by Crippen LogP contribution is -2.45. The Morgan fingerprint density at radius 2 is 1.86 bits per heavy atom. The molecular formula is C33H46N2O2. The van der Waals surface area contributed by atoms with Gasteiger partial charge in [-0.1, -0.05) is 43.7 Å². The maximum Gasteiger partial charge on any atom is 0.156 e. The molecule has 200 valence electrons. The number of fused-ring (bicyclic) bond motifs is 4. The molecule has 4 aliphatic carbocycles. The normalized spacial score (nSPS) is 31.9. The molecule has 0 radical (unpaired) electrons. The lowest BCUT2D eigenvalue weighted by molar-refractivity contribution is -0.114. The Hall–Kier alpha value is -2.33. The molecule has 2 fully saturated rings. The number of rotatable bonds is 6. The van der Waals surface area contributed by atoms with E-state index in [4.69, 9.17) is 0 Å². The van der Waals surface area contributed by atoms with Crippen LogP contribution in [0.25, 0.3) is 0 Å². The number of carbonyl (C=O) groups is 1. The van der Waals surface area contributed by atoms with Gasteiger partial charge in [0.05, 0.1) is 11.9 Å². The average molecular weight is 503 g/mol. The molecule has 4 heteroatoms. The van der Waals surface area contributed by atoms with Crippen LogP contribution in [0, 0.1) is 17.3 Å². The van der Waals surface area contributed by atoms with E-state index in [1.165, 1.54) is 22.3 Å². The van der Waals surface area contributed by atoms with Crippen LogP contribution in [0.2, 0.25) is 0 Å². The highest BCUT2D eigenvalue weighted by Crippen LogP contribution is 2.63. The number of benzene rings is 1. The molecule has 37 heavy (non-hydrogen) atoms. The Balaban J connectivity index is 1.43. The topological polar surface area (TPSA) is 61.4 Å². The van der Waals surface area contributed by atoms with Gasteiger partial charge in [-0.2, -0.15) is 0 Å². The van der Waals surface area contributed by atoms with Crippen molar-refractivity contribution >= 4 is 5.78 Å². The van der Waals surface area contributed by atoms with Gasteiger partial charge >= 0.3 is 0 Å². The van der Waals surface area contributed by atoms with Gasteiger partial charge in [0.2, 0.25) is 0 Å². The molecule has 2 saturated carbocycles. The highest BCUT2D eigenvalue weighted by Gasteiger charge is 2.56. The fraction of sp³-hybridized carbons (Fsp3) is 0.606. The molecule has 5 atom stereocenters. The van der Waals surface area contributed by atoms with E-state index in [1.54, 1.807) is 5.57 Å². The van der Waals surface area contributed by atoms with E-state index >= 15 is 0 Å². The van der Waals surface area contributed by atoms with E-state index in [1.807, 2.05) is 6.08 Å². The van der Waals surface area contributed by atoms with E-state index in [-0.39, 0.29) is 17.1 Å². The Kier molecular flexibility index (Phi) is 7.17. The second-order valence-electron chi connectivity index (χ2n) is 13.2. The van der Waals surface area contributed by atoms with Crippen molar-refractivity contribution in [3.05, 3.63) is 70.1 Å². The number of aliphatic hydroxyl groups is 1. The number of nitrogens with one attached hydrogen (secondary N) is 2. The summed E-state index contributed by atoms with van der Waals surface area (Å²) in [4.78, 5) is 12.2. The van der Waals surface area contributed by atoms with Crippen molar-refractivity contribution < 1.29 is 9.90 Å². The minimum absolute atomic E-state index is 0.0140. The summed E-state index contributed by atoms with van der Waals surface area (Å²) >= 11 is 0. The van der Waals surface area contributed by atoms with E-state index in [2.05, 4.69) is 75.6 Å². The molecule has 4 aliphatic rings. The molecule has 0 aromatic heterocycles. The van der Waals surface area contributed by atoms with Crippen LogP contribution < -0.4 is 10.6 Å². The van der Waals surface area contributed by atoms with Gasteiger partial charge in [0.1, 0.15) is 0 Å². The Labute approximate surface area is 223 Å². The lowest BCUT2D eigenvalue weighted by atomic mass is 9.53. The number of carbonyl (C=O) groups excluding carboxylic acids is 1. The zero-order valence-electron chi connectivity index (χ0n) is 23.5. The summed E-state index contributed by atoms with van der Waals surface area (Å²) in [5.74, 6) is 2.80. The summed E-state index contributed by atoms with van der Waals surface area (Å²) in [5, 5.41) is 18.3. The first-order valence-corrected chi connectivity index (χ1v) is 14.5. The zero-order valence-corrected chi connectivity index (χ0v) is 23.5. The Morgan fingerprint density at radius 1 is 1.11 bits per heavy atom. The van der Waals surface area contributed by atoms with Crippen molar-refractivity contribution in [2.75, 3.05) is 0 Å². The first-order valence-electron chi connectivity index (χ1n) is 14.5. The first kappa shape index (κ1) is 26.3. The number of aliphatic hydroxyl groups excluding tert-OH is 1. The minimum atomic E-state index is -0.209. The number of hydrogen-bond donors (Lipinski definition) is 3. The third-order valence-electron chi connectivity index (χ3n) is 9.46. The second-order valence-corrected chi connectivity index (χ2v) is 13.2. The smallest absolute Gasteiger partial charge is 0.156 e. The maximum atomic E-state index is 12.2. The van der Waals surface area contributed by atoms with Gasteiger partial charge in [-0.05, 0) is 117 Å². The predicted octanol–water partition coefficient (Wildman–Crippen LogP) is 6.68. The van der Waals surface area contributed by atoms with Crippen molar-refractivity contribution in [1.29, 1.82) is 0 Å². The van der Waals surface area contributed by atoms with E-state index in [0.29, 0.717) is 30.0 Å². The highest BCUT2D eigenvalue weighted by atomic mass is 16.3. The van der Waals surface area contributed by atoms with Gasteiger partial charge in [0.25, 0.3) is 0 Å². The van der Waals surface area contributed by atoms with Crippen LogP contribution in [0.4, 0.5) is 0 Å². The molecule has 0 amide bonds. The zero-order chi connectivity index (χ0) is 26.4. The van der Waals surface area contributed by atoms with Gasteiger partial charge in [-0.25, -0.2) is 0 Å². The summed E-state index contributed by atoms with van der Waals surface area (Å²) in [6.07, 6.45) is 11.7. The summed E-state index contributed by atoms with van der Waals surface area (Å²) in [7, 11) is 0. The largest absolute Gasteiger partial charge is 0.393 e. The van der Waals surface area contributed by atoms with Crippen LogP contribution in [-0.2, 0) is 11.3 Å². The van der Waals surface area contributed by atoms with Gasteiger partial charge in [0.15, 0.2) is 5.78 Å². The van der Waals surface area contributed by atoms with Crippen molar-refractivity contribution in [3.8, 4) is 0 Å². The minimum Gasteiger partial charge on any atom is -0.393 e. The fourth-order valence-corrected chi connectivity index (χ4v) is 7.77. The summed E-state index contributed by atoms with van der Waals surface area (Å²) in [6.45, 7) is 11.8. The third kappa shape index (κ3) is 5.19. The van der Waals surface area contributed by atoms with Gasteiger partial charge < -0.3 is 15.7 Å². The molecular weight excluding hydrogens is 456 g/mol. The van der Waals surface area contributed by atoms with Crippen LogP contribution in [0.3, 0.4) is 0 Å². The molecule has 0 aliphatic heterocycles. The third-order valence-corrected chi connectivity index (χ3v) is 9.46. The van der Waals surface area contributed by atoms with Gasteiger partial charge in [-0.15, -0.1) is 0 Å². The average Bonchev–Trinajstić information content (AvgIpc) is 3.15. The molecule has 0 bridgehead atoms. The van der Waals surface area contributed by atoms with Crippen LogP contribution >= 0.6 is 0 Å². The van der Waals surface area contributed by atoms with Crippen molar-refractivity contribution in [1.82, 2.24) is 10.6 Å². The highest BCUT2D eigenvalue weighted by molar-refractivity contribution is 5.93. The molecule has 0 spiro atoms. The lowest BCUT2D eigenvalue weighted by Gasteiger charge is -2.52. The fourth-order valence-electron chi connectivity index (χ4n) is 7.77. The SMILES string of the molecule is CCC=C(NCc1ccc(C2CC3(C)C(O)CCC3C3CCC4=CC(=O)CCC4=C23)cc1)NC(C)(C)C.